The molecule has 1 aliphatic carbocycles. The molecule has 1 aromatic heterocycles. The summed E-state index contributed by atoms with van der Waals surface area (Å²) in [5, 5.41) is 20.3. The molecule has 1 amide bonds. The summed E-state index contributed by atoms with van der Waals surface area (Å²) in [4.78, 5) is 12.0. The molecule has 1 aliphatic rings. The van der Waals surface area contributed by atoms with E-state index in [2.05, 4.69) is 20.7 Å². The van der Waals surface area contributed by atoms with Gasteiger partial charge in [-0.3, -0.25) is 9.89 Å². The van der Waals surface area contributed by atoms with E-state index in [0.717, 1.165) is 30.5 Å². The minimum Gasteiger partial charge on any atom is -0.507 e. The molecule has 0 atom stereocenters. The number of nitrogens with one attached hydrogen (secondary N) is 2. The van der Waals surface area contributed by atoms with Crippen molar-refractivity contribution in [3.63, 3.8) is 0 Å². The quantitative estimate of drug-likeness (QED) is 0.581. The van der Waals surface area contributed by atoms with E-state index in [1.54, 1.807) is 24.3 Å². The normalized spacial score (nSPS) is 13.6. The standard InChI is InChI=1S/C14H14N4O2/c19-12-7-2-1-4-9(12)8-15-18-14(20)13-10-5-3-6-11(10)16-17-13/h1-2,4,7-8,19H,3,5-6H2,(H,16,17)(H,18,20)/b15-8-. The van der Waals surface area contributed by atoms with Crippen LogP contribution in [0, 0.1) is 0 Å². The molecule has 6 heteroatoms. The Hall–Kier alpha value is -2.63. The summed E-state index contributed by atoms with van der Waals surface area (Å²) >= 11 is 0. The second-order valence-electron chi connectivity index (χ2n) is 4.64. The molecule has 1 aromatic carbocycles. The number of aromatic amines is 1. The number of aromatic hydroxyl groups is 1. The molecule has 6 nitrogen and oxygen atoms in total. The highest BCUT2D eigenvalue weighted by molar-refractivity contribution is 5.95. The van der Waals surface area contributed by atoms with Crippen molar-refractivity contribution in [1.29, 1.82) is 0 Å². The van der Waals surface area contributed by atoms with Crippen LogP contribution in [0.5, 0.6) is 5.75 Å². The molecule has 1 heterocycles. The van der Waals surface area contributed by atoms with Gasteiger partial charge in [0.1, 0.15) is 5.75 Å². The van der Waals surface area contributed by atoms with Gasteiger partial charge in [0, 0.05) is 16.8 Å². The molecule has 0 saturated carbocycles. The van der Waals surface area contributed by atoms with Crippen molar-refractivity contribution in [2.75, 3.05) is 0 Å². The number of carbonyl (C=O) groups excluding carboxylic acids is 1. The van der Waals surface area contributed by atoms with Gasteiger partial charge >= 0.3 is 0 Å². The Bertz CT molecular complexity index is 676. The molecule has 3 N–H and O–H groups in total. The Kier molecular flexibility index (Phi) is 3.20. The van der Waals surface area contributed by atoms with E-state index in [4.69, 9.17) is 0 Å². The topological polar surface area (TPSA) is 90.4 Å². The van der Waals surface area contributed by atoms with E-state index < -0.39 is 0 Å². The number of rotatable bonds is 3. The molecule has 0 fully saturated rings. The number of nitrogens with zero attached hydrogens (tertiary/aromatic N) is 2. The smallest absolute Gasteiger partial charge is 0.292 e. The zero-order valence-electron chi connectivity index (χ0n) is 10.8. The zero-order chi connectivity index (χ0) is 13.9. The molecule has 0 aliphatic heterocycles. The van der Waals surface area contributed by atoms with Crippen molar-refractivity contribution in [2.45, 2.75) is 19.3 Å². The van der Waals surface area contributed by atoms with E-state index >= 15 is 0 Å². The van der Waals surface area contributed by atoms with Crippen molar-refractivity contribution in [1.82, 2.24) is 15.6 Å². The third-order valence-corrected chi connectivity index (χ3v) is 3.33. The van der Waals surface area contributed by atoms with E-state index in [1.807, 2.05) is 0 Å². The predicted molar refractivity (Wildman–Crippen MR) is 73.8 cm³/mol. The Labute approximate surface area is 115 Å². The minimum atomic E-state index is -0.337. The number of aryl methyl sites for hydroxylation is 1. The van der Waals surface area contributed by atoms with Gasteiger partial charge in [-0.05, 0) is 31.4 Å². The van der Waals surface area contributed by atoms with Crippen LogP contribution in [0.25, 0.3) is 0 Å². The summed E-state index contributed by atoms with van der Waals surface area (Å²) in [5.41, 5.74) is 5.41. The van der Waals surface area contributed by atoms with Gasteiger partial charge in [0.25, 0.3) is 5.91 Å². The highest BCUT2D eigenvalue weighted by Gasteiger charge is 2.22. The Morgan fingerprint density at radius 3 is 3.10 bits per heavy atom. The fourth-order valence-corrected chi connectivity index (χ4v) is 2.32. The lowest BCUT2D eigenvalue weighted by Gasteiger charge is -1.99. The number of carbonyl (C=O) groups is 1. The van der Waals surface area contributed by atoms with Crippen molar-refractivity contribution in [2.24, 2.45) is 5.10 Å². The van der Waals surface area contributed by atoms with Crippen LogP contribution in [0.3, 0.4) is 0 Å². The van der Waals surface area contributed by atoms with E-state index in [0.29, 0.717) is 11.3 Å². The second-order valence-corrected chi connectivity index (χ2v) is 4.64. The van der Waals surface area contributed by atoms with Crippen LogP contribution in [0.4, 0.5) is 0 Å². The molecular weight excluding hydrogens is 256 g/mol. The first-order valence-corrected chi connectivity index (χ1v) is 6.43. The van der Waals surface area contributed by atoms with E-state index in [-0.39, 0.29) is 11.7 Å². The summed E-state index contributed by atoms with van der Waals surface area (Å²) < 4.78 is 0. The maximum atomic E-state index is 12.0. The van der Waals surface area contributed by atoms with Gasteiger partial charge in [0.15, 0.2) is 5.69 Å². The summed E-state index contributed by atoms with van der Waals surface area (Å²) in [7, 11) is 0. The largest absolute Gasteiger partial charge is 0.507 e. The monoisotopic (exact) mass is 270 g/mol. The first kappa shape index (κ1) is 12.4. The third kappa shape index (κ3) is 2.27. The Morgan fingerprint density at radius 1 is 1.40 bits per heavy atom. The number of fused-ring (bicyclic) bond motifs is 1. The van der Waals surface area contributed by atoms with Crippen LogP contribution in [-0.4, -0.2) is 27.4 Å². The van der Waals surface area contributed by atoms with Crippen molar-refractivity contribution in [3.8, 4) is 5.75 Å². The van der Waals surface area contributed by atoms with Gasteiger partial charge in [-0.25, -0.2) is 5.43 Å². The lowest BCUT2D eigenvalue weighted by atomic mass is 10.2. The molecule has 3 rings (SSSR count). The van der Waals surface area contributed by atoms with Gasteiger partial charge < -0.3 is 5.11 Å². The molecule has 0 unspecified atom stereocenters. The molecule has 2 aromatic rings. The number of hydrogen-bond donors (Lipinski definition) is 3. The van der Waals surface area contributed by atoms with Crippen LogP contribution in [0.1, 0.15) is 33.7 Å². The number of amides is 1. The van der Waals surface area contributed by atoms with Crippen molar-refractivity contribution < 1.29 is 9.90 Å². The molecular formula is C14H14N4O2. The number of hydrazone groups is 1. The van der Waals surface area contributed by atoms with Crippen molar-refractivity contribution >= 4 is 12.1 Å². The number of phenols is 1. The molecule has 0 bridgehead atoms. The molecule has 20 heavy (non-hydrogen) atoms. The first-order valence-electron chi connectivity index (χ1n) is 6.43. The van der Waals surface area contributed by atoms with E-state index in [9.17, 15) is 9.90 Å². The number of H-pyrrole nitrogens is 1. The van der Waals surface area contributed by atoms with Crippen LogP contribution in [0.2, 0.25) is 0 Å². The van der Waals surface area contributed by atoms with Crippen LogP contribution in [0.15, 0.2) is 29.4 Å². The lowest BCUT2D eigenvalue weighted by molar-refractivity contribution is 0.0949. The fraction of sp³-hybridized carbons (Fsp3) is 0.214. The SMILES string of the molecule is O=C(N/N=C\c1ccccc1O)c1n[nH]c2c1CCC2. The van der Waals surface area contributed by atoms with Gasteiger partial charge in [-0.2, -0.15) is 10.2 Å². The lowest BCUT2D eigenvalue weighted by Crippen LogP contribution is -2.19. The maximum Gasteiger partial charge on any atom is 0.292 e. The molecule has 102 valence electrons. The van der Waals surface area contributed by atoms with Crippen LogP contribution >= 0.6 is 0 Å². The number of para-hydroxylation sites is 1. The van der Waals surface area contributed by atoms with E-state index in [1.165, 1.54) is 6.21 Å². The number of hydrogen-bond acceptors (Lipinski definition) is 4. The Morgan fingerprint density at radius 2 is 2.25 bits per heavy atom. The summed E-state index contributed by atoms with van der Waals surface area (Å²) in [5.74, 6) is -0.220. The van der Waals surface area contributed by atoms with Gasteiger partial charge in [0.2, 0.25) is 0 Å². The minimum absolute atomic E-state index is 0.117. The number of phenolic OH excluding ortho intramolecular Hbond substituents is 1. The zero-order valence-corrected chi connectivity index (χ0v) is 10.8. The number of aromatic nitrogens is 2. The average molecular weight is 270 g/mol. The third-order valence-electron chi connectivity index (χ3n) is 3.33. The summed E-state index contributed by atoms with van der Waals surface area (Å²) in [6.45, 7) is 0. The molecule has 0 saturated heterocycles. The van der Waals surface area contributed by atoms with Crippen LogP contribution in [-0.2, 0) is 12.8 Å². The Balaban J connectivity index is 1.69. The first-order chi connectivity index (χ1) is 9.75. The van der Waals surface area contributed by atoms with Gasteiger partial charge in [-0.15, -0.1) is 0 Å². The summed E-state index contributed by atoms with van der Waals surface area (Å²) in [6.07, 6.45) is 4.26. The average Bonchev–Trinajstić information content (AvgIpc) is 3.03. The fourth-order valence-electron chi connectivity index (χ4n) is 2.32. The van der Waals surface area contributed by atoms with Gasteiger partial charge in [-0.1, -0.05) is 12.1 Å². The number of benzene rings is 1. The highest BCUT2D eigenvalue weighted by atomic mass is 16.3. The maximum absolute atomic E-state index is 12.0. The van der Waals surface area contributed by atoms with Gasteiger partial charge in [0.05, 0.1) is 6.21 Å². The highest BCUT2D eigenvalue weighted by Crippen LogP contribution is 2.22. The molecule has 0 radical (unpaired) electrons. The predicted octanol–water partition coefficient (Wildman–Crippen LogP) is 1.37. The molecule has 0 spiro atoms. The second kappa shape index (κ2) is 5.16. The van der Waals surface area contributed by atoms with Crippen molar-refractivity contribution in [3.05, 3.63) is 46.8 Å². The van der Waals surface area contributed by atoms with Crippen LogP contribution < -0.4 is 5.43 Å². The summed E-state index contributed by atoms with van der Waals surface area (Å²) in [6, 6.07) is 6.77.